The first kappa shape index (κ1) is 16.5. The third kappa shape index (κ3) is 4.57. The minimum Gasteiger partial charge on any atom is -0.494 e. The van der Waals surface area contributed by atoms with Gasteiger partial charge in [0.1, 0.15) is 11.6 Å². The number of ether oxygens (including phenoxy) is 1. The zero-order chi connectivity index (χ0) is 15.8. The van der Waals surface area contributed by atoms with Gasteiger partial charge in [-0.3, -0.25) is 0 Å². The van der Waals surface area contributed by atoms with E-state index in [9.17, 15) is 4.39 Å². The van der Waals surface area contributed by atoms with E-state index in [1.807, 2.05) is 24.3 Å². The Morgan fingerprint density at radius 1 is 1.14 bits per heavy atom. The second-order valence-electron chi connectivity index (χ2n) is 5.45. The Bertz CT molecular complexity index is 585. The summed E-state index contributed by atoms with van der Waals surface area (Å²) in [6.07, 6.45) is 2.68. The Morgan fingerprint density at radius 2 is 1.95 bits per heavy atom. The molecule has 0 saturated carbocycles. The van der Waals surface area contributed by atoms with Gasteiger partial charge in [0.2, 0.25) is 0 Å². The maximum Gasteiger partial charge on any atom is 0.126 e. The quantitative estimate of drug-likeness (QED) is 0.738. The van der Waals surface area contributed by atoms with Crippen molar-refractivity contribution in [2.24, 2.45) is 5.73 Å². The molecule has 0 fully saturated rings. The van der Waals surface area contributed by atoms with Crippen molar-refractivity contribution in [1.82, 2.24) is 0 Å². The zero-order valence-corrected chi connectivity index (χ0v) is 13.1. The molecule has 0 spiro atoms. The van der Waals surface area contributed by atoms with Crippen LogP contribution in [0.3, 0.4) is 0 Å². The third-order valence-electron chi connectivity index (χ3n) is 3.90. The van der Waals surface area contributed by atoms with Crippen LogP contribution in [0.5, 0.6) is 5.75 Å². The van der Waals surface area contributed by atoms with E-state index in [4.69, 9.17) is 10.5 Å². The van der Waals surface area contributed by atoms with Crippen molar-refractivity contribution in [3.63, 3.8) is 0 Å². The molecule has 2 aromatic rings. The van der Waals surface area contributed by atoms with Crippen molar-refractivity contribution in [2.45, 2.75) is 32.1 Å². The molecule has 2 rings (SSSR count). The predicted octanol–water partition coefficient (Wildman–Crippen LogP) is 4.29. The van der Waals surface area contributed by atoms with Crippen molar-refractivity contribution >= 4 is 0 Å². The molecule has 1 unspecified atom stereocenters. The van der Waals surface area contributed by atoms with Crippen LogP contribution in [-0.4, -0.2) is 13.2 Å². The highest BCUT2D eigenvalue weighted by Crippen LogP contribution is 2.23. The summed E-state index contributed by atoms with van der Waals surface area (Å²) in [5, 5.41) is 0. The molecule has 22 heavy (non-hydrogen) atoms. The average Bonchev–Trinajstić information content (AvgIpc) is 2.56. The van der Waals surface area contributed by atoms with E-state index in [1.54, 1.807) is 6.07 Å². The van der Waals surface area contributed by atoms with E-state index in [-0.39, 0.29) is 11.7 Å². The van der Waals surface area contributed by atoms with E-state index < -0.39 is 0 Å². The molecule has 2 aromatic carbocycles. The van der Waals surface area contributed by atoms with E-state index in [0.717, 1.165) is 25.0 Å². The summed E-state index contributed by atoms with van der Waals surface area (Å²) >= 11 is 0. The van der Waals surface area contributed by atoms with E-state index >= 15 is 0 Å². The summed E-state index contributed by atoms with van der Waals surface area (Å²) in [4.78, 5) is 0. The van der Waals surface area contributed by atoms with Crippen molar-refractivity contribution in [3.05, 3.63) is 65.5 Å². The van der Waals surface area contributed by atoms with Gasteiger partial charge in [-0.25, -0.2) is 4.39 Å². The number of nitrogens with two attached hydrogens (primary N) is 1. The summed E-state index contributed by atoms with van der Waals surface area (Å²) in [5.74, 6) is 0.774. The smallest absolute Gasteiger partial charge is 0.126 e. The fourth-order valence-corrected chi connectivity index (χ4v) is 2.58. The Labute approximate surface area is 132 Å². The minimum absolute atomic E-state index is 0.0479. The predicted molar refractivity (Wildman–Crippen MR) is 88.7 cm³/mol. The first-order chi connectivity index (χ1) is 10.7. The largest absolute Gasteiger partial charge is 0.494 e. The molecule has 0 aromatic heterocycles. The fourth-order valence-electron chi connectivity index (χ4n) is 2.58. The van der Waals surface area contributed by atoms with Gasteiger partial charge >= 0.3 is 0 Å². The van der Waals surface area contributed by atoms with Crippen LogP contribution in [0.4, 0.5) is 4.39 Å². The van der Waals surface area contributed by atoms with Gasteiger partial charge in [-0.05, 0) is 61.1 Å². The molecule has 2 N–H and O–H groups in total. The van der Waals surface area contributed by atoms with E-state index in [2.05, 4.69) is 19.1 Å². The molecule has 1 atom stereocenters. The maximum absolute atomic E-state index is 13.8. The number of benzene rings is 2. The van der Waals surface area contributed by atoms with Gasteiger partial charge in [0.05, 0.1) is 6.61 Å². The summed E-state index contributed by atoms with van der Waals surface area (Å²) in [7, 11) is 0. The number of rotatable bonds is 8. The Hall–Kier alpha value is -1.87. The maximum atomic E-state index is 13.8. The van der Waals surface area contributed by atoms with Crippen LogP contribution in [0, 0.1) is 5.82 Å². The molecule has 0 aliphatic rings. The van der Waals surface area contributed by atoms with Crippen LogP contribution in [0.1, 0.15) is 36.8 Å². The van der Waals surface area contributed by atoms with Crippen LogP contribution in [0.25, 0.3) is 0 Å². The van der Waals surface area contributed by atoms with Gasteiger partial charge in [0, 0.05) is 0 Å². The molecule has 0 saturated heterocycles. The highest BCUT2D eigenvalue weighted by molar-refractivity contribution is 5.28. The molecule has 0 radical (unpaired) electrons. The highest BCUT2D eigenvalue weighted by Gasteiger charge is 2.13. The van der Waals surface area contributed by atoms with Crippen molar-refractivity contribution in [1.29, 1.82) is 0 Å². The van der Waals surface area contributed by atoms with Crippen LogP contribution >= 0.6 is 0 Å². The lowest BCUT2D eigenvalue weighted by atomic mass is 9.94. The van der Waals surface area contributed by atoms with E-state index in [0.29, 0.717) is 18.7 Å². The molecular weight excluding hydrogens is 277 g/mol. The summed E-state index contributed by atoms with van der Waals surface area (Å²) in [6, 6.07) is 15.0. The average molecular weight is 301 g/mol. The van der Waals surface area contributed by atoms with Crippen LogP contribution in [-0.2, 0) is 6.42 Å². The molecule has 118 valence electrons. The van der Waals surface area contributed by atoms with Gasteiger partial charge in [0.15, 0.2) is 0 Å². The van der Waals surface area contributed by atoms with E-state index in [1.165, 1.54) is 11.6 Å². The molecule has 0 heterocycles. The number of aryl methyl sites for hydroxylation is 1. The first-order valence-corrected chi connectivity index (χ1v) is 7.90. The molecule has 3 heteroatoms. The van der Waals surface area contributed by atoms with Gasteiger partial charge in [-0.15, -0.1) is 0 Å². The number of halogens is 1. The molecule has 0 aliphatic carbocycles. The van der Waals surface area contributed by atoms with Crippen LogP contribution < -0.4 is 10.5 Å². The second kappa shape index (κ2) is 8.54. The summed E-state index contributed by atoms with van der Waals surface area (Å²) in [5.41, 5.74) is 7.77. The molecule has 0 bridgehead atoms. The van der Waals surface area contributed by atoms with Gasteiger partial charge in [-0.2, -0.15) is 0 Å². The second-order valence-corrected chi connectivity index (χ2v) is 5.45. The number of hydrogen-bond donors (Lipinski definition) is 1. The topological polar surface area (TPSA) is 35.2 Å². The normalized spacial score (nSPS) is 12.1. The van der Waals surface area contributed by atoms with Crippen molar-refractivity contribution < 1.29 is 9.13 Å². The number of hydrogen-bond acceptors (Lipinski definition) is 2. The monoisotopic (exact) mass is 301 g/mol. The lowest BCUT2D eigenvalue weighted by Crippen LogP contribution is -2.15. The standard InChI is InChI=1S/C19H24FNO/c1-2-15-7-5-9-17(13-15)22-12-6-8-16(14-21)18-10-3-4-11-19(18)20/h3-5,7,9-11,13,16H,2,6,8,12,14,21H2,1H3. The first-order valence-electron chi connectivity index (χ1n) is 7.90. The summed E-state index contributed by atoms with van der Waals surface area (Å²) in [6.45, 7) is 3.20. The van der Waals surface area contributed by atoms with Gasteiger partial charge in [0.25, 0.3) is 0 Å². The van der Waals surface area contributed by atoms with Gasteiger partial charge in [-0.1, -0.05) is 37.3 Å². The van der Waals surface area contributed by atoms with Crippen molar-refractivity contribution in [2.75, 3.05) is 13.2 Å². The molecule has 0 aliphatic heterocycles. The highest BCUT2D eigenvalue weighted by atomic mass is 19.1. The molecule has 0 amide bonds. The zero-order valence-electron chi connectivity index (χ0n) is 13.1. The van der Waals surface area contributed by atoms with Gasteiger partial charge < -0.3 is 10.5 Å². The lowest BCUT2D eigenvalue weighted by Gasteiger charge is -2.16. The Kier molecular flexibility index (Phi) is 6.41. The molecule has 2 nitrogen and oxygen atoms in total. The van der Waals surface area contributed by atoms with Crippen LogP contribution in [0.2, 0.25) is 0 Å². The SMILES string of the molecule is CCc1cccc(OCCCC(CN)c2ccccc2F)c1. The molecular formula is C19H24FNO. The summed E-state index contributed by atoms with van der Waals surface area (Å²) < 4.78 is 19.6. The Balaban J connectivity index is 1.83. The van der Waals surface area contributed by atoms with Crippen molar-refractivity contribution in [3.8, 4) is 5.75 Å². The van der Waals surface area contributed by atoms with Crippen LogP contribution in [0.15, 0.2) is 48.5 Å². The fraction of sp³-hybridized carbons (Fsp3) is 0.368. The minimum atomic E-state index is -0.172. The Morgan fingerprint density at radius 3 is 2.68 bits per heavy atom. The third-order valence-corrected chi connectivity index (χ3v) is 3.90. The lowest BCUT2D eigenvalue weighted by molar-refractivity contribution is 0.301.